The van der Waals surface area contributed by atoms with E-state index in [0.29, 0.717) is 10.0 Å². The molecule has 0 aromatic carbocycles. The summed E-state index contributed by atoms with van der Waals surface area (Å²) in [4.78, 5) is 0. The molecule has 0 bridgehead atoms. The third kappa shape index (κ3) is 2.45. The van der Waals surface area contributed by atoms with Gasteiger partial charge in [-0.15, -0.1) is 10.2 Å². The van der Waals surface area contributed by atoms with Gasteiger partial charge in [0.05, 0.1) is 6.04 Å². The molecule has 1 atom stereocenters. The number of aromatic nitrogens is 2. The van der Waals surface area contributed by atoms with Crippen LogP contribution >= 0.6 is 11.3 Å². The molecule has 74 valence electrons. The lowest BCUT2D eigenvalue weighted by Crippen LogP contribution is -2.08. The maximum Gasteiger partial charge on any atom is 0.158 e. The van der Waals surface area contributed by atoms with Crippen LogP contribution in [-0.4, -0.2) is 10.2 Å². The molecule has 0 aliphatic rings. The van der Waals surface area contributed by atoms with E-state index < -0.39 is 5.67 Å². The Morgan fingerprint density at radius 1 is 1.54 bits per heavy atom. The van der Waals surface area contributed by atoms with Crippen molar-refractivity contribution in [3.8, 4) is 0 Å². The average Bonchev–Trinajstić information content (AvgIpc) is 2.50. The highest BCUT2D eigenvalue weighted by atomic mass is 32.1. The Morgan fingerprint density at radius 2 is 2.15 bits per heavy atom. The quantitative estimate of drug-likeness (QED) is 0.819. The molecule has 0 spiro atoms. The second kappa shape index (κ2) is 3.67. The van der Waals surface area contributed by atoms with Gasteiger partial charge >= 0.3 is 0 Å². The minimum absolute atomic E-state index is 0.117. The summed E-state index contributed by atoms with van der Waals surface area (Å²) in [7, 11) is 0. The van der Waals surface area contributed by atoms with Gasteiger partial charge in [0, 0.05) is 0 Å². The summed E-state index contributed by atoms with van der Waals surface area (Å²) in [5, 5.41) is 8.73. The van der Waals surface area contributed by atoms with E-state index >= 15 is 0 Å². The van der Waals surface area contributed by atoms with Gasteiger partial charge in [-0.05, 0) is 20.3 Å². The van der Waals surface area contributed by atoms with Crippen LogP contribution in [0.1, 0.15) is 43.2 Å². The fraction of sp³-hybridized carbons (Fsp3) is 0.750. The molecular formula is C8H14FN3S. The molecule has 0 amide bonds. The first-order chi connectivity index (χ1) is 5.95. The van der Waals surface area contributed by atoms with E-state index in [2.05, 4.69) is 10.2 Å². The van der Waals surface area contributed by atoms with Crippen molar-refractivity contribution in [2.24, 2.45) is 5.73 Å². The van der Waals surface area contributed by atoms with Crippen LogP contribution in [0.2, 0.25) is 0 Å². The maximum absolute atomic E-state index is 13.4. The number of halogens is 1. The SMILES string of the molecule is CCC(N)c1nnc(C(C)(C)F)s1. The molecule has 2 N–H and O–H groups in total. The summed E-state index contributed by atoms with van der Waals surface area (Å²) in [5.41, 5.74) is 4.32. The van der Waals surface area contributed by atoms with E-state index in [1.54, 1.807) is 0 Å². The summed E-state index contributed by atoms with van der Waals surface area (Å²) in [5.74, 6) is 0. The highest BCUT2D eigenvalue weighted by Gasteiger charge is 2.25. The van der Waals surface area contributed by atoms with Gasteiger partial charge in [-0.1, -0.05) is 18.3 Å². The highest BCUT2D eigenvalue weighted by molar-refractivity contribution is 7.11. The number of rotatable bonds is 3. The normalized spacial score (nSPS) is 14.5. The minimum Gasteiger partial charge on any atom is -0.322 e. The third-order valence-corrected chi connectivity index (χ3v) is 3.06. The van der Waals surface area contributed by atoms with Gasteiger partial charge in [0.2, 0.25) is 0 Å². The summed E-state index contributed by atoms with van der Waals surface area (Å²) in [6.07, 6.45) is 0.793. The lowest BCUT2D eigenvalue weighted by atomic mass is 10.2. The smallest absolute Gasteiger partial charge is 0.158 e. The van der Waals surface area contributed by atoms with Gasteiger partial charge in [0.15, 0.2) is 10.7 Å². The van der Waals surface area contributed by atoms with Crippen molar-refractivity contribution < 1.29 is 4.39 Å². The summed E-state index contributed by atoms with van der Waals surface area (Å²) in [6.45, 7) is 4.90. The van der Waals surface area contributed by atoms with Crippen LogP contribution in [0.4, 0.5) is 4.39 Å². The molecule has 1 heterocycles. The molecule has 1 aromatic rings. The molecule has 3 nitrogen and oxygen atoms in total. The third-order valence-electron chi connectivity index (χ3n) is 1.71. The van der Waals surface area contributed by atoms with E-state index in [0.717, 1.165) is 6.42 Å². The van der Waals surface area contributed by atoms with Crippen LogP contribution in [0.5, 0.6) is 0 Å². The Morgan fingerprint density at radius 3 is 2.54 bits per heavy atom. The van der Waals surface area contributed by atoms with Crippen LogP contribution in [0.15, 0.2) is 0 Å². The van der Waals surface area contributed by atoms with Crippen LogP contribution in [0, 0.1) is 0 Å². The summed E-state index contributed by atoms with van der Waals surface area (Å²) < 4.78 is 13.4. The van der Waals surface area contributed by atoms with Crippen LogP contribution in [0.3, 0.4) is 0 Å². The second-order valence-electron chi connectivity index (χ2n) is 3.43. The topological polar surface area (TPSA) is 51.8 Å². The van der Waals surface area contributed by atoms with Crippen LogP contribution in [-0.2, 0) is 5.67 Å². The van der Waals surface area contributed by atoms with Crippen molar-refractivity contribution in [1.82, 2.24) is 10.2 Å². The Balaban J connectivity index is 2.87. The molecule has 0 saturated carbocycles. The molecule has 13 heavy (non-hydrogen) atoms. The number of nitrogens with zero attached hydrogens (tertiary/aromatic N) is 2. The zero-order valence-electron chi connectivity index (χ0n) is 8.04. The lowest BCUT2D eigenvalue weighted by molar-refractivity contribution is 0.219. The summed E-state index contributed by atoms with van der Waals surface area (Å²) in [6, 6.07) is -0.117. The Hall–Kier alpha value is -0.550. The molecule has 1 aromatic heterocycles. The largest absolute Gasteiger partial charge is 0.322 e. The fourth-order valence-corrected chi connectivity index (χ4v) is 1.72. The molecule has 0 aliphatic carbocycles. The molecule has 0 aliphatic heterocycles. The van der Waals surface area contributed by atoms with E-state index in [9.17, 15) is 4.39 Å². The first-order valence-corrected chi connectivity index (χ1v) is 5.05. The van der Waals surface area contributed by atoms with Crippen LogP contribution in [0.25, 0.3) is 0 Å². The van der Waals surface area contributed by atoms with E-state index in [1.807, 2.05) is 6.92 Å². The van der Waals surface area contributed by atoms with Gasteiger partial charge < -0.3 is 5.73 Å². The first kappa shape index (κ1) is 10.5. The molecule has 1 rings (SSSR count). The van der Waals surface area contributed by atoms with Crippen LogP contribution < -0.4 is 5.73 Å². The standard InChI is InChI=1S/C8H14FN3S/c1-4-5(10)6-11-12-7(13-6)8(2,3)9/h5H,4,10H2,1-3H3. The maximum atomic E-state index is 13.4. The van der Waals surface area contributed by atoms with Gasteiger partial charge in [-0.3, -0.25) is 0 Å². The van der Waals surface area contributed by atoms with Gasteiger partial charge in [-0.2, -0.15) is 0 Å². The average molecular weight is 203 g/mol. The van der Waals surface area contributed by atoms with Crippen molar-refractivity contribution in [2.75, 3.05) is 0 Å². The van der Waals surface area contributed by atoms with Gasteiger partial charge in [0.1, 0.15) is 5.01 Å². The second-order valence-corrected chi connectivity index (χ2v) is 4.44. The van der Waals surface area contributed by atoms with Crippen molar-refractivity contribution >= 4 is 11.3 Å². The molecule has 1 unspecified atom stereocenters. The summed E-state index contributed by atoms with van der Waals surface area (Å²) >= 11 is 1.25. The molecule has 0 fully saturated rings. The van der Waals surface area contributed by atoms with Crippen molar-refractivity contribution in [3.63, 3.8) is 0 Å². The van der Waals surface area contributed by atoms with Crippen molar-refractivity contribution in [1.29, 1.82) is 0 Å². The number of hydrogen-bond acceptors (Lipinski definition) is 4. The molecule has 0 saturated heterocycles. The number of hydrogen-bond donors (Lipinski definition) is 1. The highest BCUT2D eigenvalue weighted by Crippen LogP contribution is 2.29. The van der Waals surface area contributed by atoms with Crippen molar-refractivity contribution in [3.05, 3.63) is 10.0 Å². The zero-order valence-corrected chi connectivity index (χ0v) is 8.86. The predicted molar refractivity (Wildman–Crippen MR) is 51.3 cm³/mol. The Labute approximate surface area is 81.2 Å². The fourth-order valence-electron chi connectivity index (χ4n) is 0.799. The molecule has 0 radical (unpaired) electrons. The monoisotopic (exact) mass is 203 g/mol. The first-order valence-electron chi connectivity index (χ1n) is 4.23. The minimum atomic E-state index is -1.41. The molecular weight excluding hydrogens is 189 g/mol. The number of nitrogens with two attached hydrogens (primary N) is 1. The van der Waals surface area contributed by atoms with Crippen molar-refractivity contribution in [2.45, 2.75) is 38.9 Å². The van der Waals surface area contributed by atoms with E-state index in [1.165, 1.54) is 25.2 Å². The lowest BCUT2D eigenvalue weighted by Gasteiger charge is -2.07. The van der Waals surface area contributed by atoms with Gasteiger partial charge in [0.25, 0.3) is 0 Å². The zero-order chi connectivity index (χ0) is 10.1. The Kier molecular flexibility index (Phi) is 2.98. The Bertz CT molecular complexity index is 279. The predicted octanol–water partition coefficient (Wildman–Crippen LogP) is 2.15. The van der Waals surface area contributed by atoms with Gasteiger partial charge in [-0.25, -0.2) is 4.39 Å². The van der Waals surface area contributed by atoms with E-state index in [-0.39, 0.29) is 6.04 Å². The molecule has 5 heteroatoms. The van der Waals surface area contributed by atoms with E-state index in [4.69, 9.17) is 5.73 Å². The number of alkyl halides is 1.